The van der Waals surface area contributed by atoms with Gasteiger partial charge in [0.15, 0.2) is 0 Å². The van der Waals surface area contributed by atoms with Crippen LogP contribution in [0.25, 0.3) is 22.4 Å². The van der Waals surface area contributed by atoms with Gasteiger partial charge in [-0.05, 0) is 42.5 Å². The maximum absolute atomic E-state index is 12.4. The van der Waals surface area contributed by atoms with E-state index in [1.165, 1.54) is 0 Å². The van der Waals surface area contributed by atoms with Crippen molar-refractivity contribution >= 4 is 40.1 Å². The molecule has 0 saturated carbocycles. The highest BCUT2D eigenvalue weighted by molar-refractivity contribution is 6.34. The molecule has 1 aliphatic heterocycles. The molecule has 5 nitrogen and oxygen atoms in total. The van der Waals surface area contributed by atoms with Crippen molar-refractivity contribution in [3.05, 3.63) is 76.3 Å². The molecule has 0 spiro atoms. The first-order valence-electron chi connectivity index (χ1n) is 9.10. The lowest BCUT2D eigenvalue weighted by Crippen LogP contribution is -2.24. The maximum Gasteiger partial charge on any atom is 0.253 e. The van der Waals surface area contributed by atoms with Gasteiger partial charge in [0.2, 0.25) is 0 Å². The van der Waals surface area contributed by atoms with Crippen LogP contribution < -0.4 is 10.1 Å². The van der Waals surface area contributed by atoms with Gasteiger partial charge in [-0.2, -0.15) is 0 Å². The van der Waals surface area contributed by atoms with Crippen molar-refractivity contribution in [2.45, 2.75) is 6.54 Å². The standard InChI is InChI=1S/C22H15Cl2N3O2/c23-14-10-15(24)12-17(11-14)29-16-4-1-3-13(9-16)21-26-19-6-2-5-18-20(19)27(21)8-7-25-22(18)28/h1-6,9-12H,7-8H2,(H,25,28). The van der Waals surface area contributed by atoms with E-state index in [0.717, 1.165) is 22.4 Å². The highest BCUT2D eigenvalue weighted by Crippen LogP contribution is 2.33. The Kier molecular flexibility index (Phi) is 4.42. The third-order valence-electron chi connectivity index (χ3n) is 4.80. The van der Waals surface area contributed by atoms with E-state index >= 15 is 0 Å². The van der Waals surface area contributed by atoms with Gasteiger partial charge in [0.1, 0.15) is 17.3 Å². The van der Waals surface area contributed by atoms with Crippen molar-refractivity contribution in [2.75, 3.05) is 6.54 Å². The molecule has 0 unspecified atom stereocenters. The summed E-state index contributed by atoms with van der Waals surface area (Å²) < 4.78 is 8.04. The number of ether oxygens (including phenoxy) is 1. The topological polar surface area (TPSA) is 56.2 Å². The summed E-state index contributed by atoms with van der Waals surface area (Å²) in [5.41, 5.74) is 3.18. The largest absolute Gasteiger partial charge is 0.457 e. The Morgan fingerprint density at radius 1 is 0.966 bits per heavy atom. The minimum atomic E-state index is -0.0734. The predicted molar refractivity (Wildman–Crippen MR) is 114 cm³/mol. The Hall–Kier alpha value is -3.02. The van der Waals surface area contributed by atoms with Crippen molar-refractivity contribution in [1.82, 2.24) is 14.9 Å². The molecule has 29 heavy (non-hydrogen) atoms. The molecule has 0 aliphatic carbocycles. The summed E-state index contributed by atoms with van der Waals surface area (Å²) in [6.07, 6.45) is 0. The Labute approximate surface area is 176 Å². The molecule has 7 heteroatoms. The van der Waals surface area contributed by atoms with E-state index in [2.05, 4.69) is 9.88 Å². The van der Waals surface area contributed by atoms with Crippen molar-refractivity contribution in [2.24, 2.45) is 0 Å². The van der Waals surface area contributed by atoms with Crippen LogP contribution in [0.1, 0.15) is 10.4 Å². The smallest absolute Gasteiger partial charge is 0.253 e. The number of nitrogens with one attached hydrogen (secondary N) is 1. The highest BCUT2D eigenvalue weighted by Gasteiger charge is 2.21. The van der Waals surface area contributed by atoms with E-state index in [-0.39, 0.29) is 5.91 Å². The number of carbonyl (C=O) groups is 1. The minimum absolute atomic E-state index is 0.0734. The van der Waals surface area contributed by atoms with Crippen molar-refractivity contribution in [1.29, 1.82) is 0 Å². The third kappa shape index (κ3) is 3.33. The van der Waals surface area contributed by atoms with E-state index < -0.39 is 0 Å². The number of amides is 1. The maximum atomic E-state index is 12.4. The summed E-state index contributed by atoms with van der Waals surface area (Å²) >= 11 is 12.1. The third-order valence-corrected chi connectivity index (χ3v) is 5.23. The molecular formula is C22H15Cl2N3O2. The van der Waals surface area contributed by atoms with Gasteiger partial charge < -0.3 is 14.6 Å². The number of halogens is 2. The first-order valence-corrected chi connectivity index (χ1v) is 9.86. The molecular weight excluding hydrogens is 409 g/mol. The average Bonchev–Trinajstić information content (AvgIpc) is 2.97. The lowest BCUT2D eigenvalue weighted by atomic mass is 10.1. The summed E-state index contributed by atoms with van der Waals surface area (Å²) in [5, 5.41) is 3.95. The van der Waals surface area contributed by atoms with Crippen LogP contribution in [0.2, 0.25) is 10.0 Å². The number of rotatable bonds is 3. The van der Waals surface area contributed by atoms with E-state index in [1.54, 1.807) is 18.2 Å². The van der Waals surface area contributed by atoms with Crippen LogP contribution in [0.15, 0.2) is 60.7 Å². The highest BCUT2D eigenvalue weighted by atomic mass is 35.5. The number of nitrogens with zero attached hydrogens (tertiary/aromatic N) is 2. The van der Waals surface area contributed by atoms with Gasteiger partial charge in [0.25, 0.3) is 5.91 Å². The number of hydrogen-bond donors (Lipinski definition) is 1. The van der Waals surface area contributed by atoms with Crippen LogP contribution in [-0.4, -0.2) is 22.0 Å². The fourth-order valence-corrected chi connectivity index (χ4v) is 4.11. The van der Waals surface area contributed by atoms with E-state index in [4.69, 9.17) is 32.9 Å². The zero-order valence-corrected chi connectivity index (χ0v) is 16.7. The quantitative estimate of drug-likeness (QED) is 0.470. The molecule has 0 radical (unpaired) electrons. The van der Waals surface area contributed by atoms with Crippen LogP contribution in [0.5, 0.6) is 11.5 Å². The fourth-order valence-electron chi connectivity index (χ4n) is 3.61. The molecule has 1 N–H and O–H groups in total. The van der Waals surface area contributed by atoms with Gasteiger partial charge in [-0.1, -0.05) is 41.4 Å². The predicted octanol–water partition coefficient (Wildman–Crippen LogP) is 5.55. The molecule has 1 amide bonds. The Bertz CT molecular complexity index is 1250. The van der Waals surface area contributed by atoms with Crippen molar-refractivity contribution in [3.8, 4) is 22.9 Å². The zero-order valence-electron chi connectivity index (χ0n) is 15.2. The molecule has 0 saturated heterocycles. The normalized spacial score (nSPS) is 13.2. The van der Waals surface area contributed by atoms with E-state index in [9.17, 15) is 4.79 Å². The SMILES string of the molecule is O=C1NCCn2c(-c3cccc(Oc4cc(Cl)cc(Cl)c4)c3)nc3cccc1c32. The van der Waals surface area contributed by atoms with E-state index in [0.29, 0.717) is 40.2 Å². The molecule has 4 aromatic rings. The number of imidazole rings is 1. The Balaban J connectivity index is 1.59. The molecule has 5 rings (SSSR count). The Morgan fingerprint density at radius 2 is 1.76 bits per heavy atom. The van der Waals surface area contributed by atoms with Crippen LogP contribution >= 0.6 is 23.2 Å². The number of aromatic nitrogens is 2. The van der Waals surface area contributed by atoms with Crippen LogP contribution in [0, 0.1) is 0 Å². The second-order valence-electron chi connectivity index (χ2n) is 6.75. The van der Waals surface area contributed by atoms with Crippen LogP contribution in [0.4, 0.5) is 0 Å². The van der Waals surface area contributed by atoms with E-state index in [1.807, 2.05) is 42.5 Å². The number of benzene rings is 3. The second kappa shape index (κ2) is 7.10. The van der Waals surface area contributed by atoms with Gasteiger partial charge in [-0.25, -0.2) is 4.98 Å². The Morgan fingerprint density at radius 3 is 2.59 bits per heavy atom. The van der Waals surface area contributed by atoms with Gasteiger partial charge >= 0.3 is 0 Å². The van der Waals surface area contributed by atoms with Gasteiger partial charge in [-0.15, -0.1) is 0 Å². The average molecular weight is 424 g/mol. The first-order chi connectivity index (χ1) is 14.1. The molecule has 144 valence electrons. The lowest BCUT2D eigenvalue weighted by molar-refractivity contribution is 0.0956. The van der Waals surface area contributed by atoms with Gasteiger partial charge in [0.05, 0.1) is 16.6 Å². The number of para-hydroxylation sites is 1. The molecule has 0 fully saturated rings. The van der Waals surface area contributed by atoms with Gasteiger partial charge in [-0.3, -0.25) is 4.79 Å². The zero-order chi connectivity index (χ0) is 20.0. The molecule has 2 heterocycles. The van der Waals surface area contributed by atoms with Crippen LogP contribution in [0.3, 0.4) is 0 Å². The lowest BCUT2D eigenvalue weighted by Gasteiger charge is -2.10. The molecule has 1 aromatic heterocycles. The number of hydrogen-bond acceptors (Lipinski definition) is 3. The summed E-state index contributed by atoms with van der Waals surface area (Å²) in [4.78, 5) is 17.1. The summed E-state index contributed by atoms with van der Waals surface area (Å²) in [6, 6.07) is 18.3. The second-order valence-corrected chi connectivity index (χ2v) is 7.62. The van der Waals surface area contributed by atoms with Crippen molar-refractivity contribution in [3.63, 3.8) is 0 Å². The number of carbonyl (C=O) groups excluding carboxylic acids is 1. The minimum Gasteiger partial charge on any atom is -0.457 e. The van der Waals surface area contributed by atoms with Gasteiger partial charge in [0, 0.05) is 28.7 Å². The molecule has 1 aliphatic rings. The molecule has 0 bridgehead atoms. The summed E-state index contributed by atoms with van der Waals surface area (Å²) in [7, 11) is 0. The first kappa shape index (κ1) is 18.0. The monoisotopic (exact) mass is 423 g/mol. The van der Waals surface area contributed by atoms with Crippen molar-refractivity contribution < 1.29 is 9.53 Å². The molecule has 3 aromatic carbocycles. The fraction of sp³-hybridized carbons (Fsp3) is 0.0909. The molecule has 0 atom stereocenters. The summed E-state index contributed by atoms with van der Waals surface area (Å²) in [5.74, 6) is 1.92. The van der Waals surface area contributed by atoms with Crippen LogP contribution in [-0.2, 0) is 6.54 Å². The summed E-state index contributed by atoms with van der Waals surface area (Å²) in [6.45, 7) is 1.19.